The van der Waals surface area contributed by atoms with Gasteiger partial charge >= 0.3 is 5.97 Å². The minimum atomic E-state index is -4.38. The minimum absolute atomic E-state index is 0.0177. The van der Waals surface area contributed by atoms with Crippen molar-refractivity contribution >= 4 is 65.9 Å². The number of fused-ring (bicyclic) bond motifs is 1. The number of aromatic carboxylic acids is 1. The summed E-state index contributed by atoms with van der Waals surface area (Å²) in [6.07, 6.45) is 1.45. The number of nitrogens with zero attached hydrogens (tertiary/aromatic N) is 3. The fourth-order valence-electron chi connectivity index (χ4n) is 2.77. The van der Waals surface area contributed by atoms with E-state index in [1.165, 1.54) is 12.4 Å². The van der Waals surface area contributed by atoms with Crippen LogP contribution in [-0.2, 0) is 26.6 Å². The van der Waals surface area contributed by atoms with Gasteiger partial charge in [-0.3, -0.25) is 0 Å². The van der Waals surface area contributed by atoms with Crippen LogP contribution in [0.4, 0.5) is 5.69 Å². The maximum absolute atomic E-state index is 13.0. The number of aryl methyl sites for hydroxylation is 1. The number of sulfonamides is 2. The molecule has 1 N–H and O–H groups in total. The van der Waals surface area contributed by atoms with Crippen molar-refractivity contribution in [2.45, 2.75) is 26.3 Å². The number of hydrogen-bond donors (Lipinski definition) is 1. The number of hydrogen-bond acceptors (Lipinski definition) is 6. The van der Waals surface area contributed by atoms with Gasteiger partial charge in [-0.1, -0.05) is 0 Å². The maximum atomic E-state index is 13.0. The topological polar surface area (TPSA) is 127 Å². The van der Waals surface area contributed by atoms with Gasteiger partial charge in [0, 0.05) is 18.3 Å². The molecule has 9 nitrogen and oxygen atoms in total. The molecule has 13 heteroatoms. The van der Waals surface area contributed by atoms with E-state index in [1.807, 2.05) is 0 Å². The first-order chi connectivity index (χ1) is 13.6. The van der Waals surface area contributed by atoms with Crippen LogP contribution in [0, 0.1) is 0 Å². The quantitative estimate of drug-likeness (QED) is 0.484. The molecule has 0 aliphatic rings. The van der Waals surface area contributed by atoms with Gasteiger partial charge in [-0.15, -0.1) is 23.2 Å². The Morgan fingerprint density at radius 1 is 1.10 bits per heavy atom. The molecule has 0 aliphatic carbocycles. The Hall–Kier alpha value is -1.56. The normalized spacial score (nSPS) is 12.4. The Labute approximate surface area is 179 Å². The number of carboxylic acid groups (broad SMARTS) is 1. The van der Waals surface area contributed by atoms with Crippen LogP contribution in [-0.4, -0.2) is 60.7 Å². The highest BCUT2D eigenvalue weighted by Gasteiger charge is 2.36. The summed E-state index contributed by atoms with van der Waals surface area (Å²) in [4.78, 5) is 15.7. The molecule has 0 unspecified atom stereocenters. The van der Waals surface area contributed by atoms with Gasteiger partial charge in [0.25, 0.3) is 0 Å². The molecule has 29 heavy (non-hydrogen) atoms. The Morgan fingerprint density at radius 3 is 2.10 bits per heavy atom. The predicted octanol–water partition coefficient (Wildman–Crippen LogP) is 2.48. The number of carbonyl (C=O) groups is 1. The third-order valence-electron chi connectivity index (χ3n) is 4.07. The van der Waals surface area contributed by atoms with Gasteiger partial charge in [-0.05, 0) is 31.9 Å². The second-order valence-corrected chi connectivity index (χ2v) is 11.0. The molecule has 1 aromatic heterocycles. The van der Waals surface area contributed by atoms with Gasteiger partial charge in [-0.25, -0.2) is 26.6 Å². The summed E-state index contributed by atoms with van der Waals surface area (Å²) >= 11 is 11.2. The molecule has 0 spiro atoms. The SMILES string of the molecule is CCn1cnc2c(N(S(=O)(=O)CCCCl)S(=O)(=O)CCCCl)cc(C(=O)O)cc21. The molecule has 1 aromatic carbocycles. The van der Waals surface area contributed by atoms with E-state index in [9.17, 15) is 26.7 Å². The van der Waals surface area contributed by atoms with Gasteiger partial charge < -0.3 is 9.67 Å². The Morgan fingerprint density at radius 2 is 1.66 bits per heavy atom. The fourth-order valence-corrected chi connectivity index (χ4v) is 7.42. The van der Waals surface area contributed by atoms with Crippen LogP contribution in [0.2, 0.25) is 0 Å². The van der Waals surface area contributed by atoms with Gasteiger partial charge in [-0.2, -0.15) is 3.71 Å². The first kappa shape index (κ1) is 23.7. The number of imidazole rings is 1. The van der Waals surface area contributed by atoms with E-state index in [0.717, 1.165) is 6.07 Å². The minimum Gasteiger partial charge on any atom is -0.478 e. The molecule has 162 valence electrons. The van der Waals surface area contributed by atoms with Crippen LogP contribution in [0.25, 0.3) is 11.0 Å². The molecule has 2 rings (SSSR count). The zero-order valence-electron chi connectivity index (χ0n) is 15.6. The number of rotatable bonds is 11. The lowest BCUT2D eigenvalue weighted by Gasteiger charge is -2.24. The molecule has 0 saturated heterocycles. The molecule has 2 aromatic rings. The van der Waals surface area contributed by atoms with E-state index in [4.69, 9.17) is 23.2 Å². The number of benzene rings is 1. The highest BCUT2D eigenvalue weighted by molar-refractivity contribution is 8.10. The number of aromatic nitrogens is 2. The monoisotopic (exact) mass is 485 g/mol. The van der Waals surface area contributed by atoms with E-state index < -0.39 is 37.5 Å². The molecular formula is C16H21Cl2N3O6S2. The summed E-state index contributed by atoms with van der Waals surface area (Å²) in [6, 6.07) is 2.33. The van der Waals surface area contributed by atoms with Crippen LogP contribution in [0.1, 0.15) is 30.1 Å². The third-order valence-corrected chi connectivity index (χ3v) is 8.98. The highest BCUT2D eigenvalue weighted by atomic mass is 35.5. The number of alkyl halides is 2. The summed E-state index contributed by atoms with van der Waals surface area (Å²) in [6.45, 7) is 2.22. The van der Waals surface area contributed by atoms with Crippen molar-refractivity contribution in [2.24, 2.45) is 0 Å². The summed E-state index contributed by atoms with van der Waals surface area (Å²) in [7, 11) is -8.76. The van der Waals surface area contributed by atoms with E-state index in [1.54, 1.807) is 11.5 Å². The van der Waals surface area contributed by atoms with Gasteiger partial charge in [0.15, 0.2) is 0 Å². The van der Waals surface area contributed by atoms with Crippen LogP contribution in [0.3, 0.4) is 0 Å². The third kappa shape index (κ3) is 5.14. The molecule has 1 heterocycles. The Balaban J connectivity index is 2.84. The lowest BCUT2D eigenvalue weighted by molar-refractivity contribution is 0.0697. The van der Waals surface area contributed by atoms with E-state index in [0.29, 0.717) is 15.8 Å². The molecule has 0 fully saturated rings. The zero-order chi connectivity index (χ0) is 21.8. The molecule has 0 aliphatic heterocycles. The Bertz CT molecular complexity index is 1060. The van der Waals surface area contributed by atoms with Crippen molar-refractivity contribution in [3.8, 4) is 0 Å². The van der Waals surface area contributed by atoms with E-state index in [-0.39, 0.29) is 41.4 Å². The van der Waals surface area contributed by atoms with Crippen LogP contribution in [0.15, 0.2) is 18.5 Å². The van der Waals surface area contributed by atoms with Gasteiger partial charge in [0.05, 0.1) is 34.6 Å². The van der Waals surface area contributed by atoms with Gasteiger partial charge in [0.1, 0.15) is 5.52 Å². The van der Waals surface area contributed by atoms with Crippen LogP contribution in [0.5, 0.6) is 0 Å². The van der Waals surface area contributed by atoms with Crippen molar-refractivity contribution in [3.05, 3.63) is 24.0 Å². The molecule has 0 bridgehead atoms. The first-order valence-electron chi connectivity index (χ1n) is 8.69. The summed E-state index contributed by atoms with van der Waals surface area (Å²) in [5.41, 5.74) is -0.197. The second kappa shape index (κ2) is 9.50. The fraction of sp³-hybridized carbons (Fsp3) is 0.500. The van der Waals surface area contributed by atoms with Crippen molar-refractivity contribution in [1.29, 1.82) is 0 Å². The van der Waals surface area contributed by atoms with E-state index >= 15 is 0 Å². The average molecular weight is 486 g/mol. The summed E-state index contributed by atoms with van der Waals surface area (Å²) in [5.74, 6) is -2.34. The summed E-state index contributed by atoms with van der Waals surface area (Å²) < 4.78 is 53.8. The first-order valence-corrected chi connectivity index (χ1v) is 13.0. The van der Waals surface area contributed by atoms with Crippen molar-refractivity contribution in [1.82, 2.24) is 9.55 Å². The molecule has 0 radical (unpaired) electrons. The van der Waals surface area contributed by atoms with E-state index in [2.05, 4.69) is 4.98 Å². The molecule has 0 saturated carbocycles. The van der Waals surface area contributed by atoms with Crippen LogP contribution < -0.4 is 3.71 Å². The number of halogens is 2. The average Bonchev–Trinajstić information content (AvgIpc) is 3.07. The standard InChI is InChI=1S/C16H21Cl2N3O6S2/c1-2-20-11-19-15-13(20)9-12(16(22)23)10-14(15)21(28(24,25)7-3-5-17)29(26,27)8-4-6-18/h9-11H,2-8H2,1H3,(H,22,23). The summed E-state index contributed by atoms with van der Waals surface area (Å²) in [5, 5.41) is 9.46. The highest BCUT2D eigenvalue weighted by Crippen LogP contribution is 2.33. The van der Waals surface area contributed by atoms with Crippen molar-refractivity contribution in [2.75, 3.05) is 27.0 Å². The molecule has 0 atom stereocenters. The second-order valence-electron chi connectivity index (χ2n) is 6.11. The number of carboxylic acids is 1. The van der Waals surface area contributed by atoms with Crippen LogP contribution >= 0.6 is 23.2 Å². The lowest BCUT2D eigenvalue weighted by Crippen LogP contribution is -2.40. The van der Waals surface area contributed by atoms with Crippen molar-refractivity contribution < 1.29 is 26.7 Å². The van der Waals surface area contributed by atoms with Crippen molar-refractivity contribution in [3.63, 3.8) is 0 Å². The lowest BCUT2D eigenvalue weighted by atomic mass is 10.1. The number of anilines is 1. The zero-order valence-corrected chi connectivity index (χ0v) is 18.7. The molecular weight excluding hydrogens is 465 g/mol. The Kier molecular flexibility index (Phi) is 7.77. The molecule has 0 amide bonds. The maximum Gasteiger partial charge on any atom is 0.335 e. The smallest absolute Gasteiger partial charge is 0.335 e. The largest absolute Gasteiger partial charge is 0.478 e. The predicted molar refractivity (Wildman–Crippen MR) is 113 cm³/mol. The van der Waals surface area contributed by atoms with Gasteiger partial charge in [0.2, 0.25) is 20.0 Å².